The van der Waals surface area contributed by atoms with E-state index in [2.05, 4.69) is 12.0 Å². The van der Waals surface area contributed by atoms with Crippen molar-refractivity contribution >= 4 is 0 Å². The summed E-state index contributed by atoms with van der Waals surface area (Å²) < 4.78 is 3.07. The van der Waals surface area contributed by atoms with Gasteiger partial charge in [-0.05, 0) is 18.9 Å². The number of nitrogens with zero attached hydrogens (tertiary/aromatic N) is 3. The van der Waals surface area contributed by atoms with E-state index in [9.17, 15) is 9.90 Å². The molecule has 0 spiro atoms. The third-order valence-electron chi connectivity index (χ3n) is 4.33. The number of rotatable bonds is 10. The summed E-state index contributed by atoms with van der Waals surface area (Å²) in [5.41, 5.74) is 2.10. The first-order chi connectivity index (χ1) is 11.7. The molecule has 0 radical (unpaired) electrons. The van der Waals surface area contributed by atoms with Crippen LogP contribution in [0.15, 0.2) is 29.1 Å². The Labute approximate surface area is 143 Å². The second-order valence-corrected chi connectivity index (χ2v) is 6.42. The first-order valence-electron chi connectivity index (χ1n) is 8.98. The highest BCUT2D eigenvalue weighted by molar-refractivity contribution is 5.21. The zero-order valence-corrected chi connectivity index (χ0v) is 14.9. The van der Waals surface area contributed by atoms with Gasteiger partial charge in [-0.3, -0.25) is 4.57 Å². The lowest BCUT2D eigenvalue weighted by atomic mass is 10.1. The van der Waals surface area contributed by atoms with E-state index in [4.69, 9.17) is 0 Å². The van der Waals surface area contributed by atoms with Crippen LogP contribution in [0.3, 0.4) is 0 Å². The van der Waals surface area contributed by atoms with Crippen LogP contribution in [-0.4, -0.2) is 19.5 Å². The van der Waals surface area contributed by atoms with Gasteiger partial charge in [0.05, 0.1) is 6.54 Å². The molecule has 0 saturated carbocycles. The molecule has 2 aromatic rings. The fraction of sp³-hybridized carbons (Fsp3) is 0.579. The summed E-state index contributed by atoms with van der Waals surface area (Å²) in [6, 6.07) is 8.07. The van der Waals surface area contributed by atoms with E-state index in [-0.39, 0.29) is 12.3 Å². The molecule has 0 unspecified atom stereocenters. The number of hydrogen-bond donors (Lipinski definition) is 1. The summed E-state index contributed by atoms with van der Waals surface area (Å²) in [5.74, 6) is 0.459. The lowest BCUT2D eigenvalue weighted by Gasteiger charge is -2.04. The van der Waals surface area contributed by atoms with E-state index in [0.29, 0.717) is 18.9 Å². The number of benzene rings is 1. The predicted octanol–water partition coefficient (Wildman–Crippen LogP) is 3.25. The highest BCUT2D eigenvalue weighted by Gasteiger charge is 2.12. The van der Waals surface area contributed by atoms with Crippen molar-refractivity contribution in [3.8, 4) is 0 Å². The van der Waals surface area contributed by atoms with Crippen LogP contribution >= 0.6 is 0 Å². The van der Waals surface area contributed by atoms with Crippen molar-refractivity contribution in [2.75, 3.05) is 0 Å². The lowest BCUT2D eigenvalue weighted by Crippen LogP contribution is -2.26. The lowest BCUT2D eigenvalue weighted by molar-refractivity contribution is 0.263. The smallest absolute Gasteiger partial charge is 0.346 e. The van der Waals surface area contributed by atoms with Crippen LogP contribution in [0, 0.1) is 6.92 Å². The largest absolute Gasteiger partial charge is 0.388 e. The Bertz CT molecular complexity index is 671. The van der Waals surface area contributed by atoms with Crippen molar-refractivity contribution in [2.45, 2.75) is 72.1 Å². The summed E-state index contributed by atoms with van der Waals surface area (Å²) in [6.07, 6.45) is 7.03. The monoisotopic (exact) mass is 331 g/mol. The first kappa shape index (κ1) is 18.5. The van der Waals surface area contributed by atoms with Gasteiger partial charge in [-0.25, -0.2) is 9.48 Å². The molecule has 0 fully saturated rings. The molecule has 1 heterocycles. The maximum atomic E-state index is 12.5. The molecule has 5 heteroatoms. The van der Waals surface area contributed by atoms with E-state index in [1.807, 2.05) is 31.2 Å². The van der Waals surface area contributed by atoms with Gasteiger partial charge >= 0.3 is 5.69 Å². The zero-order valence-electron chi connectivity index (χ0n) is 14.9. The van der Waals surface area contributed by atoms with E-state index >= 15 is 0 Å². The van der Waals surface area contributed by atoms with E-state index in [0.717, 1.165) is 18.4 Å². The number of unbranched alkanes of at least 4 members (excludes halogenated alkanes) is 5. The number of aliphatic hydroxyl groups excluding tert-OH is 1. The molecule has 2 rings (SSSR count). The number of aromatic nitrogens is 3. The third-order valence-corrected chi connectivity index (χ3v) is 4.33. The first-order valence-corrected chi connectivity index (χ1v) is 8.98. The van der Waals surface area contributed by atoms with Gasteiger partial charge < -0.3 is 5.11 Å². The second kappa shape index (κ2) is 9.42. The molecule has 0 aliphatic heterocycles. The quantitative estimate of drug-likeness (QED) is 0.680. The molecule has 0 aliphatic carbocycles. The number of aryl methyl sites for hydroxylation is 1. The highest BCUT2D eigenvalue weighted by Crippen LogP contribution is 2.08. The summed E-state index contributed by atoms with van der Waals surface area (Å²) in [5, 5.41) is 13.8. The summed E-state index contributed by atoms with van der Waals surface area (Å²) in [7, 11) is 0. The second-order valence-electron chi connectivity index (χ2n) is 6.42. The maximum Gasteiger partial charge on any atom is 0.346 e. The van der Waals surface area contributed by atoms with Gasteiger partial charge in [0.15, 0.2) is 5.82 Å². The molecular weight excluding hydrogens is 302 g/mol. The Morgan fingerprint density at radius 3 is 2.38 bits per heavy atom. The van der Waals surface area contributed by atoms with Crippen LogP contribution in [0.5, 0.6) is 0 Å². The Hall–Kier alpha value is -1.88. The minimum atomic E-state index is -0.202. The van der Waals surface area contributed by atoms with Crippen molar-refractivity contribution in [3.63, 3.8) is 0 Å². The van der Waals surface area contributed by atoms with Crippen LogP contribution in [0.1, 0.15) is 62.4 Å². The van der Waals surface area contributed by atoms with Crippen LogP contribution in [0.2, 0.25) is 0 Å². The Morgan fingerprint density at radius 1 is 1.04 bits per heavy atom. The fourth-order valence-electron chi connectivity index (χ4n) is 2.85. The molecular formula is C19H29N3O2. The van der Waals surface area contributed by atoms with Gasteiger partial charge in [0, 0.05) is 6.54 Å². The van der Waals surface area contributed by atoms with Crippen LogP contribution < -0.4 is 5.69 Å². The minimum absolute atomic E-state index is 0.131. The van der Waals surface area contributed by atoms with Crippen LogP contribution in [0.25, 0.3) is 0 Å². The van der Waals surface area contributed by atoms with Crippen molar-refractivity contribution in [3.05, 3.63) is 51.7 Å². The van der Waals surface area contributed by atoms with Crippen molar-refractivity contribution in [1.29, 1.82) is 0 Å². The molecule has 0 saturated heterocycles. The molecule has 0 bridgehead atoms. The number of hydrogen-bond acceptors (Lipinski definition) is 3. The van der Waals surface area contributed by atoms with Gasteiger partial charge in [0.1, 0.15) is 6.61 Å². The summed E-state index contributed by atoms with van der Waals surface area (Å²) >= 11 is 0. The van der Waals surface area contributed by atoms with Crippen LogP contribution in [0.4, 0.5) is 0 Å². The molecule has 1 aromatic heterocycles. The Balaban J connectivity index is 1.99. The van der Waals surface area contributed by atoms with Gasteiger partial charge in [-0.1, -0.05) is 68.9 Å². The van der Waals surface area contributed by atoms with Gasteiger partial charge in [0.2, 0.25) is 0 Å². The van der Waals surface area contributed by atoms with E-state index in [1.54, 1.807) is 4.57 Å². The molecule has 132 valence electrons. The molecule has 1 N–H and O–H groups in total. The normalized spacial score (nSPS) is 11.1. The van der Waals surface area contributed by atoms with Gasteiger partial charge in [-0.15, -0.1) is 0 Å². The molecule has 5 nitrogen and oxygen atoms in total. The molecule has 24 heavy (non-hydrogen) atoms. The SMILES string of the molecule is CCCCCCCCn1c(CO)nn(Cc2ccc(C)cc2)c1=O. The Kier molecular flexibility index (Phi) is 7.25. The minimum Gasteiger partial charge on any atom is -0.388 e. The van der Waals surface area contributed by atoms with Gasteiger partial charge in [0.25, 0.3) is 0 Å². The van der Waals surface area contributed by atoms with Gasteiger partial charge in [-0.2, -0.15) is 5.10 Å². The Morgan fingerprint density at radius 2 is 1.71 bits per heavy atom. The average Bonchev–Trinajstić information content (AvgIpc) is 2.88. The standard InChI is InChI=1S/C19H29N3O2/c1-3-4-5-6-7-8-13-21-18(15-23)20-22(19(21)24)14-17-11-9-16(2)10-12-17/h9-12,23H,3-8,13-15H2,1-2H3. The fourth-order valence-corrected chi connectivity index (χ4v) is 2.85. The predicted molar refractivity (Wildman–Crippen MR) is 96.1 cm³/mol. The maximum absolute atomic E-state index is 12.5. The zero-order chi connectivity index (χ0) is 17.4. The number of aliphatic hydroxyl groups is 1. The molecule has 0 amide bonds. The van der Waals surface area contributed by atoms with E-state index < -0.39 is 0 Å². The van der Waals surface area contributed by atoms with Crippen molar-refractivity contribution < 1.29 is 5.11 Å². The third kappa shape index (κ3) is 5.06. The highest BCUT2D eigenvalue weighted by atomic mass is 16.3. The molecule has 0 aliphatic rings. The topological polar surface area (TPSA) is 60.0 Å². The van der Waals surface area contributed by atoms with Crippen molar-refractivity contribution in [1.82, 2.24) is 14.3 Å². The summed E-state index contributed by atoms with van der Waals surface area (Å²) in [6.45, 7) is 5.11. The molecule has 0 atom stereocenters. The van der Waals surface area contributed by atoms with Crippen LogP contribution in [-0.2, 0) is 19.7 Å². The van der Waals surface area contributed by atoms with Crippen molar-refractivity contribution in [2.24, 2.45) is 0 Å². The summed E-state index contributed by atoms with van der Waals surface area (Å²) in [4.78, 5) is 12.5. The van der Waals surface area contributed by atoms with E-state index in [1.165, 1.54) is 35.9 Å². The average molecular weight is 331 g/mol. The molecule has 1 aromatic carbocycles.